The standard InChI is InChI=1S/C11H19N3O4/c1-14(6-9(15)7-17-2)5-8-3-4-18-10(8)11(16)13-12/h3-4,9,15H,5-7,12H2,1-2H3,(H,13,16). The molecule has 0 saturated heterocycles. The van der Waals surface area contributed by atoms with E-state index < -0.39 is 12.0 Å². The molecule has 7 nitrogen and oxygen atoms in total. The first-order valence-corrected chi connectivity index (χ1v) is 5.51. The van der Waals surface area contributed by atoms with E-state index in [0.717, 1.165) is 0 Å². The number of methoxy groups -OCH3 is 1. The number of aliphatic hydroxyl groups excluding tert-OH is 1. The smallest absolute Gasteiger partial charge is 0.301 e. The normalized spacial score (nSPS) is 12.7. The Bertz CT molecular complexity index is 380. The zero-order valence-corrected chi connectivity index (χ0v) is 10.5. The van der Waals surface area contributed by atoms with E-state index in [1.54, 1.807) is 6.07 Å². The first-order chi connectivity index (χ1) is 8.58. The summed E-state index contributed by atoms with van der Waals surface area (Å²) in [7, 11) is 3.36. The molecule has 0 fully saturated rings. The van der Waals surface area contributed by atoms with E-state index in [1.165, 1.54) is 13.4 Å². The molecule has 7 heteroatoms. The number of rotatable bonds is 7. The number of aliphatic hydroxyl groups is 1. The maximum atomic E-state index is 11.4. The van der Waals surface area contributed by atoms with E-state index in [1.807, 2.05) is 17.4 Å². The minimum Gasteiger partial charge on any atom is -0.459 e. The van der Waals surface area contributed by atoms with Gasteiger partial charge in [-0.25, -0.2) is 5.84 Å². The highest BCUT2D eigenvalue weighted by Crippen LogP contribution is 2.12. The number of carbonyl (C=O) groups excluding carboxylic acids is 1. The summed E-state index contributed by atoms with van der Waals surface area (Å²) < 4.78 is 9.91. The van der Waals surface area contributed by atoms with Crippen molar-refractivity contribution in [3.8, 4) is 0 Å². The van der Waals surface area contributed by atoms with Gasteiger partial charge in [-0.2, -0.15) is 0 Å². The van der Waals surface area contributed by atoms with Gasteiger partial charge in [0.05, 0.1) is 19.0 Å². The molecule has 0 aliphatic heterocycles. The number of ether oxygens (including phenoxy) is 1. The minimum absolute atomic E-state index is 0.186. The van der Waals surface area contributed by atoms with E-state index in [-0.39, 0.29) is 12.4 Å². The highest BCUT2D eigenvalue weighted by atomic mass is 16.5. The highest BCUT2D eigenvalue weighted by Gasteiger charge is 2.16. The van der Waals surface area contributed by atoms with Crippen LogP contribution in [0, 0.1) is 0 Å². The van der Waals surface area contributed by atoms with Gasteiger partial charge in [-0.15, -0.1) is 0 Å². The Morgan fingerprint density at radius 2 is 2.44 bits per heavy atom. The Morgan fingerprint density at radius 1 is 1.72 bits per heavy atom. The molecule has 0 bridgehead atoms. The van der Waals surface area contributed by atoms with Gasteiger partial charge in [-0.05, 0) is 13.1 Å². The van der Waals surface area contributed by atoms with Crippen LogP contribution in [0.3, 0.4) is 0 Å². The second-order valence-corrected chi connectivity index (χ2v) is 4.05. The lowest BCUT2D eigenvalue weighted by molar-refractivity contribution is 0.0418. The highest BCUT2D eigenvalue weighted by molar-refractivity contribution is 5.92. The van der Waals surface area contributed by atoms with Crippen molar-refractivity contribution >= 4 is 5.91 Å². The number of hydrazine groups is 1. The first-order valence-electron chi connectivity index (χ1n) is 5.51. The molecule has 1 unspecified atom stereocenters. The van der Waals surface area contributed by atoms with Crippen LogP contribution in [0.25, 0.3) is 0 Å². The molecule has 18 heavy (non-hydrogen) atoms. The van der Waals surface area contributed by atoms with Gasteiger partial charge in [0.1, 0.15) is 0 Å². The summed E-state index contributed by atoms with van der Waals surface area (Å²) in [5.41, 5.74) is 2.73. The van der Waals surface area contributed by atoms with Gasteiger partial charge >= 0.3 is 5.91 Å². The fourth-order valence-electron chi connectivity index (χ4n) is 1.69. The maximum absolute atomic E-state index is 11.4. The van der Waals surface area contributed by atoms with Crippen molar-refractivity contribution < 1.29 is 19.1 Å². The maximum Gasteiger partial charge on any atom is 0.301 e. The third-order valence-electron chi connectivity index (χ3n) is 2.41. The Balaban J connectivity index is 2.56. The van der Waals surface area contributed by atoms with Gasteiger partial charge < -0.3 is 14.3 Å². The van der Waals surface area contributed by atoms with Crippen LogP contribution in [-0.2, 0) is 11.3 Å². The fourth-order valence-corrected chi connectivity index (χ4v) is 1.69. The van der Waals surface area contributed by atoms with Crippen molar-refractivity contribution in [2.75, 3.05) is 27.3 Å². The molecule has 0 spiro atoms. The number of nitrogens with two attached hydrogens (primary N) is 1. The Kier molecular flexibility index (Phi) is 5.79. The Morgan fingerprint density at radius 3 is 3.06 bits per heavy atom. The molecule has 1 heterocycles. The Hall–Kier alpha value is -1.41. The molecule has 102 valence electrons. The molecule has 1 aromatic heterocycles. The second kappa shape index (κ2) is 7.12. The number of carbonyl (C=O) groups is 1. The molecular weight excluding hydrogens is 238 g/mol. The van der Waals surface area contributed by atoms with Gasteiger partial charge in [0.25, 0.3) is 0 Å². The lowest BCUT2D eigenvalue weighted by Gasteiger charge is -2.19. The van der Waals surface area contributed by atoms with Crippen molar-refractivity contribution in [3.05, 3.63) is 23.7 Å². The van der Waals surface area contributed by atoms with E-state index in [0.29, 0.717) is 18.7 Å². The van der Waals surface area contributed by atoms with E-state index >= 15 is 0 Å². The van der Waals surface area contributed by atoms with Crippen molar-refractivity contribution in [1.82, 2.24) is 10.3 Å². The minimum atomic E-state index is -0.571. The third kappa shape index (κ3) is 4.11. The van der Waals surface area contributed by atoms with Crippen LogP contribution in [-0.4, -0.2) is 49.3 Å². The summed E-state index contributed by atoms with van der Waals surface area (Å²) in [5.74, 6) is 4.77. The molecule has 4 N–H and O–H groups in total. The molecule has 1 atom stereocenters. The summed E-state index contributed by atoms with van der Waals surface area (Å²) in [6.07, 6.45) is 0.859. The van der Waals surface area contributed by atoms with E-state index in [9.17, 15) is 9.90 Å². The predicted octanol–water partition coefficient (Wildman–Crippen LogP) is -0.678. The zero-order valence-electron chi connectivity index (χ0n) is 10.5. The lowest BCUT2D eigenvalue weighted by Crippen LogP contribution is -2.33. The number of furan rings is 1. The Labute approximate surface area is 105 Å². The van der Waals surface area contributed by atoms with Crippen LogP contribution in [0.4, 0.5) is 0 Å². The van der Waals surface area contributed by atoms with Crippen molar-refractivity contribution in [2.45, 2.75) is 12.6 Å². The van der Waals surface area contributed by atoms with Gasteiger partial charge in [0.2, 0.25) is 0 Å². The monoisotopic (exact) mass is 257 g/mol. The largest absolute Gasteiger partial charge is 0.459 e. The molecule has 1 aromatic rings. The molecule has 1 amide bonds. The van der Waals surface area contributed by atoms with Crippen LogP contribution >= 0.6 is 0 Å². The number of amides is 1. The summed E-state index contributed by atoms with van der Waals surface area (Å²) in [6.45, 7) is 1.18. The van der Waals surface area contributed by atoms with Crippen LogP contribution in [0.1, 0.15) is 16.1 Å². The summed E-state index contributed by atoms with van der Waals surface area (Å²) in [6, 6.07) is 1.70. The van der Waals surface area contributed by atoms with Gasteiger partial charge in [-0.1, -0.05) is 0 Å². The van der Waals surface area contributed by atoms with E-state index in [4.69, 9.17) is 15.0 Å². The first kappa shape index (κ1) is 14.7. The lowest BCUT2D eigenvalue weighted by atomic mass is 10.2. The average molecular weight is 257 g/mol. The summed E-state index contributed by atoms with van der Waals surface area (Å²) in [4.78, 5) is 13.2. The number of hydrogen-bond acceptors (Lipinski definition) is 6. The number of nitrogen functional groups attached to an aromatic ring is 1. The number of nitrogens with one attached hydrogen (secondary N) is 1. The summed E-state index contributed by atoms with van der Waals surface area (Å²) in [5, 5.41) is 9.58. The van der Waals surface area contributed by atoms with Crippen molar-refractivity contribution in [2.24, 2.45) is 5.84 Å². The van der Waals surface area contributed by atoms with Crippen LogP contribution < -0.4 is 11.3 Å². The van der Waals surface area contributed by atoms with Gasteiger partial charge in [0.15, 0.2) is 5.76 Å². The molecular formula is C11H19N3O4. The number of nitrogens with zero attached hydrogens (tertiary/aromatic N) is 1. The zero-order chi connectivity index (χ0) is 13.5. The molecule has 0 aliphatic carbocycles. The fraction of sp³-hybridized carbons (Fsp3) is 0.545. The number of hydrogen-bond donors (Lipinski definition) is 3. The second-order valence-electron chi connectivity index (χ2n) is 4.05. The topological polar surface area (TPSA) is 101 Å². The third-order valence-corrected chi connectivity index (χ3v) is 2.41. The molecule has 0 saturated carbocycles. The number of likely N-dealkylation sites (N-methyl/N-ethyl adjacent to an activating group) is 1. The van der Waals surface area contributed by atoms with Gasteiger partial charge in [0, 0.05) is 25.8 Å². The molecule has 0 aromatic carbocycles. The van der Waals surface area contributed by atoms with Crippen LogP contribution in [0.5, 0.6) is 0 Å². The van der Waals surface area contributed by atoms with Crippen molar-refractivity contribution in [3.63, 3.8) is 0 Å². The van der Waals surface area contributed by atoms with E-state index in [2.05, 4.69) is 0 Å². The predicted molar refractivity (Wildman–Crippen MR) is 64.6 cm³/mol. The van der Waals surface area contributed by atoms with Gasteiger partial charge in [-0.3, -0.25) is 15.1 Å². The molecule has 0 radical (unpaired) electrons. The average Bonchev–Trinajstić information content (AvgIpc) is 2.76. The molecule has 0 aliphatic rings. The van der Waals surface area contributed by atoms with Crippen LogP contribution in [0.2, 0.25) is 0 Å². The quantitative estimate of drug-likeness (QED) is 0.340. The van der Waals surface area contributed by atoms with Crippen LogP contribution in [0.15, 0.2) is 16.7 Å². The van der Waals surface area contributed by atoms with Crippen molar-refractivity contribution in [1.29, 1.82) is 0 Å². The summed E-state index contributed by atoms with van der Waals surface area (Å²) >= 11 is 0. The molecule has 1 rings (SSSR count). The SMILES string of the molecule is COCC(O)CN(C)Cc1ccoc1C(=O)NN.